The highest BCUT2D eigenvalue weighted by Crippen LogP contribution is 2.30. The number of esters is 1. The van der Waals surface area contributed by atoms with E-state index in [1.165, 1.54) is 19.1 Å². The Kier molecular flexibility index (Phi) is 5.78. The number of fused-ring (bicyclic) bond motifs is 1. The maximum Gasteiger partial charge on any atom is 0.349 e. The van der Waals surface area contributed by atoms with Crippen molar-refractivity contribution in [2.24, 2.45) is 0 Å². The third kappa shape index (κ3) is 4.59. The van der Waals surface area contributed by atoms with Gasteiger partial charge in [-0.05, 0) is 54.7 Å². The van der Waals surface area contributed by atoms with E-state index in [-0.39, 0.29) is 34.7 Å². The summed E-state index contributed by atoms with van der Waals surface area (Å²) in [6.45, 7) is 9.07. The van der Waals surface area contributed by atoms with Crippen LogP contribution in [0, 0.1) is 6.92 Å². The molecule has 0 fully saturated rings. The van der Waals surface area contributed by atoms with E-state index in [0.717, 1.165) is 5.56 Å². The second kappa shape index (κ2) is 8.14. The average molecular weight is 408 g/mol. The molecule has 0 aliphatic carbocycles. The van der Waals surface area contributed by atoms with Gasteiger partial charge in [0.05, 0.1) is 0 Å². The van der Waals surface area contributed by atoms with E-state index in [2.05, 4.69) is 20.8 Å². The van der Waals surface area contributed by atoms with Crippen molar-refractivity contribution in [2.75, 3.05) is 6.61 Å². The van der Waals surface area contributed by atoms with E-state index in [1.807, 2.05) is 12.1 Å². The summed E-state index contributed by atoms with van der Waals surface area (Å²) in [6, 6.07) is 12.0. The van der Waals surface area contributed by atoms with Crippen molar-refractivity contribution in [1.29, 1.82) is 0 Å². The lowest BCUT2D eigenvalue weighted by molar-refractivity contribution is -0.136. The van der Waals surface area contributed by atoms with Crippen LogP contribution in [-0.2, 0) is 10.2 Å². The number of carbonyl (C=O) groups is 2. The van der Waals surface area contributed by atoms with Crippen LogP contribution in [0.5, 0.6) is 11.5 Å². The number of hydrogen-bond donors (Lipinski definition) is 0. The van der Waals surface area contributed by atoms with Crippen LogP contribution in [0.1, 0.15) is 49.2 Å². The molecule has 2 aromatic carbocycles. The van der Waals surface area contributed by atoms with Gasteiger partial charge in [-0.2, -0.15) is 0 Å². The van der Waals surface area contributed by atoms with E-state index >= 15 is 0 Å². The molecule has 0 saturated heterocycles. The summed E-state index contributed by atoms with van der Waals surface area (Å²) in [4.78, 5) is 36.2. The van der Waals surface area contributed by atoms with E-state index in [0.29, 0.717) is 16.7 Å². The lowest BCUT2D eigenvalue weighted by Gasteiger charge is -2.19. The Morgan fingerprint density at radius 2 is 1.70 bits per heavy atom. The Morgan fingerprint density at radius 3 is 2.30 bits per heavy atom. The average Bonchev–Trinajstić information content (AvgIpc) is 2.65. The molecule has 0 atom stereocenters. The van der Waals surface area contributed by atoms with Gasteiger partial charge in [0.15, 0.2) is 18.0 Å². The van der Waals surface area contributed by atoms with Gasteiger partial charge in [-0.3, -0.25) is 4.79 Å². The van der Waals surface area contributed by atoms with E-state index < -0.39 is 11.6 Å². The molecule has 1 aromatic heterocycles. The molecule has 6 heteroatoms. The molecule has 1 heterocycles. The molecule has 156 valence electrons. The fraction of sp³-hybridized carbons (Fsp3) is 0.292. The molecule has 0 amide bonds. The minimum Gasteiger partial charge on any atom is -0.482 e. The smallest absolute Gasteiger partial charge is 0.349 e. The summed E-state index contributed by atoms with van der Waals surface area (Å²) in [5.74, 6) is -0.491. The van der Waals surface area contributed by atoms with E-state index in [1.54, 1.807) is 25.1 Å². The second-order valence-corrected chi connectivity index (χ2v) is 8.16. The Labute approximate surface area is 174 Å². The molecule has 0 unspecified atom stereocenters. The first kappa shape index (κ1) is 21.3. The zero-order chi connectivity index (χ0) is 22.1. The van der Waals surface area contributed by atoms with E-state index in [9.17, 15) is 14.4 Å². The first-order valence-electron chi connectivity index (χ1n) is 9.58. The zero-order valence-corrected chi connectivity index (χ0v) is 17.7. The Balaban J connectivity index is 1.79. The fourth-order valence-corrected chi connectivity index (χ4v) is 3.13. The van der Waals surface area contributed by atoms with Gasteiger partial charge in [-0.15, -0.1) is 0 Å². The molecule has 0 bridgehead atoms. The largest absolute Gasteiger partial charge is 0.482 e. The van der Waals surface area contributed by atoms with Crippen molar-refractivity contribution in [3.8, 4) is 11.5 Å². The second-order valence-electron chi connectivity index (χ2n) is 8.16. The predicted molar refractivity (Wildman–Crippen MR) is 113 cm³/mol. The molecule has 0 aliphatic heterocycles. The zero-order valence-electron chi connectivity index (χ0n) is 17.7. The van der Waals surface area contributed by atoms with Crippen LogP contribution in [-0.4, -0.2) is 18.4 Å². The number of ketones is 1. The minimum atomic E-state index is -0.674. The molecule has 3 aromatic rings. The normalized spacial score (nSPS) is 11.4. The molecule has 0 spiro atoms. The molecular formula is C24H24O6. The Hall–Kier alpha value is -3.41. The highest BCUT2D eigenvalue weighted by Gasteiger charge is 2.20. The summed E-state index contributed by atoms with van der Waals surface area (Å²) in [5, 5.41) is 0.606. The van der Waals surface area contributed by atoms with Crippen molar-refractivity contribution < 1.29 is 23.5 Å². The fourth-order valence-electron chi connectivity index (χ4n) is 3.13. The van der Waals surface area contributed by atoms with Crippen molar-refractivity contribution in [3.63, 3.8) is 0 Å². The van der Waals surface area contributed by atoms with Gasteiger partial charge in [-0.25, -0.2) is 9.59 Å². The van der Waals surface area contributed by atoms with Gasteiger partial charge >= 0.3 is 11.6 Å². The highest BCUT2D eigenvalue weighted by atomic mass is 16.6. The van der Waals surface area contributed by atoms with Crippen molar-refractivity contribution in [2.45, 2.75) is 40.0 Å². The Bertz CT molecular complexity index is 1160. The number of aryl methyl sites for hydroxylation is 1. The molecule has 30 heavy (non-hydrogen) atoms. The molecule has 3 rings (SSSR count). The van der Waals surface area contributed by atoms with Crippen LogP contribution in [0.25, 0.3) is 11.0 Å². The number of carbonyl (C=O) groups excluding carboxylic acids is 2. The lowest BCUT2D eigenvalue weighted by atomic mass is 9.87. The first-order valence-corrected chi connectivity index (χ1v) is 9.58. The summed E-state index contributed by atoms with van der Waals surface area (Å²) >= 11 is 0. The van der Waals surface area contributed by atoms with Crippen molar-refractivity contribution in [3.05, 3.63) is 69.6 Å². The Morgan fingerprint density at radius 1 is 1.03 bits per heavy atom. The van der Waals surface area contributed by atoms with Crippen molar-refractivity contribution >= 4 is 22.7 Å². The lowest BCUT2D eigenvalue weighted by Crippen LogP contribution is -2.19. The number of rotatable bonds is 5. The first-order chi connectivity index (χ1) is 14.1. The molecule has 0 N–H and O–H groups in total. The van der Waals surface area contributed by atoms with Crippen LogP contribution in [0.2, 0.25) is 0 Å². The topological polar surface area (TPSA) is 82.8 Å². The van der Waals surface area contributed by atoms with Gasteiger partial charge in [0.2, 0.25) is 0 Å². The number of benzene rings is 2. The number of hydrogen-bond acceptors (Lipinski definition) is 6. The van der Waals surface area contributed by atoms with Crippen LogP contribution in [0.3, 0.4) is 0 Å². The minimum absolute atomic E-state index is 0.0179. The molecule has 0 saturated carbocycles. The van der Waals surface area contributed by atoms with Gasteiger partial charge in [0.25, 0.3) is 0 Å². The number of Topliss-reactive ketones (excluding diaryl/α,β-unsaturated/α-hetero) is 1. The summed E-state index contributed by atoms with van der Waals surface area (Å²) in [6.07, 6.45) is 0. The molecule has 0 radical (unpaired) electrons. The quantitative estimate of drug-likeness (QED) is 0.266. The molecule has 0 aliphatic rings. The third-order valence-corrected chi connectivity index (χ3v) is 4.73. The highest BCUT2D eigenvalue weighted by molar-refractivity contribution is 6.08. The van der Waals surface area contributed by atoms with Gasteiger partial charge in [0, 0.05) is 11.5 Å². The predicted octanol–water partition coefficient (Wildman–Crippen LogP) is 4.59. The maximum atomic E-state index is 12.3. The van der Waals surface area contributed by atoms with Crippen LogP contribution < -0.4 is 15.1 Å². The van der Waals surface area contributed by atoms with Crippen LogP contribution in [0.4, 0.5) is 0 Å². The van der Waals surface area contributed by atoms with Crippen LogP contribution in [0.15, 0.2) is 51.7 Å². The third-order valence-electron chi connectivity index (χ3n) is 4.73. The monoisotopic (exact) mass is 408 g/mol. The van der Waals surface area contributed by atoms with Gasteiger partial charge in [-0.1, -0.05) is 32.9 Å². The maximum absolute atomic E-state index is 12.3. The summed E-state index contributed by atoms with van der Waals surface area (Å²) in [5.41, 5.74) is 1.42. The SMILES string of the molecule is CC(=O)c1c(OC(=O)COc2ccc(C(C)(C)C)cc2)ccc2c(C)cc(=O)oc12. The molecule has 6 nitrogen and oxygen atoms in total. The summed E-state index contributed by atoms with van der Waals surface area (Å²) in [7, 11) is 0. The summed E-state index contributed by atoms with van der Waals surface area (Å²) < 4.78 is 16.1. The molecular weight excluding hydrogens is 384 g/mol. The van der Waals surface area contributed by atoms with Gasteiger partial charge in [0.1, 0.15) is 17.1 Å². The van der Waals surface area contributed by atoms with Crippen molar-refractivity contribution in [1.82, 2.24) is 0 Å². The number of ether oxygens (including phenoxy) is 2. The van der Waals surface area contributed by atoms with E-state index in [4.69, 9.17) is 13.9 Å². The van der Waals surface area contributed by atoms with Gasteiger partial charge < -0.3 is 13.9 Å². The standard InChI is InChI=1S/C24H24O6/c1-14-12-20(26)30-23-18(14)10-11-19(22(23)15(2)25)29-21(27)13-28-17-8-6-16(7-9-17)24(3,4)5/h6-12H,13H2,1-5H3. The van der Waals surface area contributed by atoms with Crippen LogP contribution >= 0.6 is 0 Å².